The third-order valence-electron chi connectivity index (χ3n) is 4.86. The first kappa shape index (κ1) is 18.5. The number of piperidine rings is 1. The summed E-state index contributed by atoms with van der Waals surface area (Å²) in [5.74, 6) is 1.56. The van der Waals surface area contributed by atoms with Crippen LogP contribution in [0.4, 0.5) is 4.79 Å². The molecule has 0 aliphatic carbocycles. The van der Waals surface area contributed by atoms with Crippen molar-refractivity contribution in [1.29, 1.82) is 0 Å². The number of rotatable bonds is 4. The van der Waals surface area contributed by atoms with E-state index in [0.717, 1.165) is 54.7 Å². The maximum absolute atomic E-state index is 12.4. The van der Waals surface area contributed by atoms with Crippen LogP contribution in [0.1, 0.15) is 44.7 Å². The lowest BCUT2D eigenvalue weighted by atomic mass is 10.0. The van der Waals surface area contributed by atoms with Crippen LogP contribution >= 0.6 is 15.9 Å². The van der Waals surface area contributed by atoms with Gasteiger partial charge in [-0.1, -0.05) is 29.8 Å². The van der Waals surface area contributed by atoms with E-state index in [1.165, 1.54) is 0 Å². The van der Waals surface area contributed by atoms with Crippen LogP contribution in [0.25, 0.3) is 0 Å². The number of nitrogens with one attached hydrogen (secondary N) is 2. The zero-order valence-electron chi connectivity index (χ0n) is 15.1. The summed E-state index contributed by atoms with van der Waals surface area (Å²) in [7, 11) is 0. The molecule has 25 heavy (non-hydrogen) atoms. The number of urea groups is 1. The molecular formula is C19H28BrN3O2. The number of carbonyl (C=O) groups excluding carboxylic acids is 1. The minimum Gasteiger partial charge on any atom is -0.493 e. The van der Waals surface area contributed by atoms with Gasteiger partial charge in [0, 0.05) is 42.1 Å². The van der Waals surface area contributed by atoms with E-state index in [-0.39, 0.29) is 18.1 Å². The molecule has 0 saturated carbocycles. The highest BCUT2D eigenvalue weighted by Crippen LogP contribution is 2.34. The van der Waals surface area contributed by atoms with Crippen LogP contribution in [0.5, 0.6) is 5.75 Å². The van der Waals surface area contributed by atoms with Gasteiger partial charge in [0.1, 0.15) is 5.75 Å². The van der Waals surface area contributed by atoms with Gasteiger partial charge in [-0.05, 0) is 37.0 Å². The fraction of sp³-hybridized carbons (Fsp3) is 0.632. The number of amides is 2. The summed E-state index contributed by atoms with van der Waals surface area (Å²) in [5.41, 5.74) is 1.04. The van der Waals surface area contributed by atoms with Crippen LogP contribution in [0.3, 0.4) is 0 Å². The van der Waals surface area contributed by atoms with Crippen LogP contribution in [0.15, 0.2) is 22.7 Å². The molecule has 0 bridgehead atoms. The van der Waals surface area contributed by atoms with Gasteiger partial charge in [-0.15, -0.1) is 0 Å². The monoisotopic (exact) mass is 409 g/mol. The third-order valence-corrected chi connectivity index (χ3v) is 5.36. The van der Waals surface area contributed by atoms with Crippen LogP contribution in [0.2, 0.25) is 0 Å². The van der Waals surface area contributed by atoms with E-state index in [0.29, 0.717) is 12.5 Å². The van der Waals surface area contributed by atoms with E-state index in [2.05, 4.69) is 45.3 Å². The second-order valence-electron chi connectivity index (χ2n) is 7.46. The summed E-state index contributed by atoms with van der Waals surface area (Å²) in [6, 6.07) is 6.15. The SMILES string of the molecule is CC(C)CN1CCC(NC(=O)NC2CCOc3ccc(Br)cc32)CC1. The van der Waals surface area contributed by atoms with E-state index < -0.39 is 0 Å². The lowest BCUT2D eigenvalue weighted by Crippen LogP contribution is -2.49. The Kier molecular flexibility index (Phi) is 6.23. The molecule has 1 fully saturated rings. The van der Waals surface area contributed by atoms with Crippen molar-refractivity contribution in [2.45, 2.75) is 45.2 Å². The second-order valence-corrected chi connectivity index (χ2v) is 8.37. The van der Waals surface area contributed by atoms with E-state index in [1.54, 1.807) is 0 Å². The maximum Gasteiger partial charge on any atom is 0.315 e. The molecule has 2 aliphatic heterocycles. The Morgan fingerprint density at radius 3 is 2.76 bits per heavy atom. The normalized spacial score (nSPS) is 21.5. The molecule has 2 heterocycles. The summed E-state index contributed by atoms with van der Waals surface area (Å²) in [4.78, 5) is 14.9. The van der Waals surface area contributed by atoms with Gasteiger partial charge in [0.15, 0.2) is 0 Å². The van der Waals surface area contributed by atoms with Crippen molar-refractivity contribution in [3.8, 4) is 5.75 Å². The third kappa shape index (κ3) is 5.11. The van der Waals surface area contributed by atoms with Crippen LogP contribution in [0, 0.1) is 5.92 Å². The van der Waals surface area contributed by atoms with Gasteiger partial charge in [-0.3, -0.25) is 0 Å². The second kappa shape index (κ2) is 8.41. The molecule has 5 nitrogen and oxygen atoms in total. The molecule has 1 saturated heterocycles. The molecule has 1 atom stereocenters. The lowest BCUT2D eigenvalue weighted by Gasteiger charge is -2.34. The van der Waals surface area contributed by atoms with Crippen molar-refractivity contribution in [2.75, 3.05) is 26.2 Å². The van der Waals surface area contributed by atoms with Gasteiger partial charge < -0.3 is 20.3 Å². The van der Waals surface area contributed by atoms with Crippen molar-refractivity contribution >= 4 is 22.0 Å². The number of benzene rings is 1. The number of hydrogen-bond donors (Lipinski definition) is 2. The predicted molar refractivity (Wildman–Crippen MR) is 103 cm³/mol. The zero-order valence-corrected chi connectivity index (χ0v) is 16.6. The summed E-state index contributed by atoms with van der Waals surface area (Å²) >= 11 is 3.50. The zero-order chi connectivity index (χ0) is 17.8. The first-order chi connectivity index (χ1) is 12.0. The molecule has 2 N–H and O–H groups in total. The summed E-state index contributed by atoms with van der Waals surface area (Å²) in [5, 5.41) is 6.28. The highest BCUT2D eigenvalue weighted by molar-refractivity contribution is 9.10. The van der Waals surface area contributed by atoms with Crippen molar-refractivity contribution in [3.05, 3.63) is 28.2 Å². The van der Waals surface area contributed by atoms with Gasteiger partial charge >= 0.3 is 6.03 Å². The molecular weight excluding hydrogens is 382 g/mol. The Morgan fingerprint density at radius 1 is 1.28 bits per heavy atom. The topological polar surface area (TPSA) is 53.6 Å². The first-order valence-corrected chi connectivity index (χ1v) is 10.0. The maximum atomic E-state index is 12.4. The molecule has 1 unspecified atom stereocenters. The van der Waals surface area contributed by atoms with Crippen molar-refractivity contribution in [3.63, 3.8) is 0 Å². The van der Waals surface area contributed by atoms with Crippen molar-refractivity contribution in [2.24, 2.45) is 5.92 Å². The molecule has 0 spiro atoms. The van der Waals surface area contributed by atoms with Crippen molar-refractivity contribution < 1.29 is 9.53 Å². The van der Waals surface area contributed by atoms with Gasteiger partial charge in [0.25, 0.3) is 0 Å². The van der Waals surface area contributed by atoms with Gasteiger partial charge in [0.2, 0.25) is 0 Å². The molecule has 2 aliphatic rings. The molecule has 1 aromatic rings. The molecule has 3 rings (SSSR count). The Balaban J connectivity index is 1.50. The minimum absolute atomic E-state index is 0.00211. The summed E-state index contributed by atoms with van der Waals surface area (Å²) in [6.07, 6.45) is 2.84. The molecule has 2 amide bonds. The van der Waals surface area contributed by atoms with Crippen LogP contribution in [-0.2, 0) is 0 Å². The fourth-order valence-corrected chi connectivity index (χ4v) is 4.06. The Hall–Kier alpha value is -1.27. The molecule has 0 radical (unpaired) electrons. The number of likely N-dealkylation sites (tertiary alicyclic amines) is 1. The Labute approximate surface area is 158 Å². The predicted octanol–water partition coefficient (Wildman–Crippen LogP) is 3.69. The number of carbonyl (C=O) groups is 1. The first-order valence-electron chi connectivity index (χ1n) is 9.23. The molecule has 1 aromatic carbocycles. The highest BCUT2D eigenvalue weighted by Gasteiger charge is 2.25. The average Bonchev–Trinajstić information content (AvgIpc) is 2.57. The standard InChI is InChI=1S/C19H28BrN3O2/c1-13(2)12-23-8-5-15(6-9-23)21-19(24)22-17-7-10-25-18-4-3-14(20)11-16(17)18/h3-4,11,13,15,17H,5-10,12H2,1-2H3,(H2,21,22,24). The Bertz CT molecular complexity index is 600. The van der Waals surface area contributed by atoms with E-state index in [1.807, 2.05) is 18.2 Å². The number of hydrogen-bond acceptors (Lipinski definition) is 3. The summed E-state index contributed by atoms with van der Waals surface area (Å²) in [6.45, 7) is 8.41. The highest BCUT2D eigenvalue weighted by atomic mass is 79.9. The van der Waals surface area contributed by atoms with Crippen LogP contribution < -0.4 is 15.4 Å². The van der Waals surface area contributed by atoms with E-state index in [4.69, 9.17) is 4.74 Å². The molecule has 138 valence electrons. The number of nitrogens with zero attached hydrogens (tertiary/aromatic N) is 1. The number of ether oxygens (including phenoxy) is 1. The molecule has 6 heteroatoms. The smallest absolute Gasteiger partial charge is 0.315 e. The average molecular weight is 410 g/mol. The molecule has 0 aromatic heterocycles. The van der Waals surface area contributed by atoms with E-state index in [9.17, 15) is 4.79 Å². The van der Waals surface area contributed by atoms with Gasteiger partial charge in [-0.2, -0.15) is 0 Å². The largest absolute Gasteiger partial charge is 0.493 e. The van der Waals surface area contributed by atoms with Gasteiger partial charge in [-0.25, -0.2) is 4.79 Å². The fourth-order valence-electron chi connectivity index (χ4n) is 3.68. The van der Waals surface area contributed by atoms with Gasteiger partial charge in [0.05, 0.1) is 12.6 Å². The number of fused-ring (bicyclic) bond motifs is 1. The lowest BCUT2D eigenvalue weighted by molar-refractivity contribution is 0.176. The Morgan fingerprint density at radius 2 is 2.04 bits per heavy atom. The minimum atomic E-state index is -0.0693. The quantitative estimate of drug-likeness (QED) is 0.796. The summed E-state index contributed by atoms with van der Waals surface area (Å²) < 4.78 is 6.69. The van der Waals surface area contributed by atoms with Crippen molar-refractivity contribution in [1.82, 2.24) is 15.5 Å². The number of halogens is 1. The van der Waals surface area contributed by atoms with Crippen LogP contribution in [-0.4, -0.2) is 43.2 Å². The van der Waals surface area contributed by atoms with E-state index >= 15 is 0 Å².